The maximum Gasteiger partial charge on any atom is 0.275 e. The largest absolute Gasteiger partial charge is 0.346 e. The number of hydrogen-bond acceptors (Lipinski definition) is 3. The van der Waals surface area contributed by atoms with Crippen LogP contribution in [0.4, 0.5) is 0 Å². The van der Waals surface area contributed by atoms with Gasteiger partial charge in [-0.25, -0.2) is 13.1 Å². The van der Waals surface area contributed by atoms with Gasteiger partial charge in [-0.3, -0.25) is 4.79 Å². The number of rotatable bonds is 4. The first-order chi connectivity index (χ1) is 12.5. The lowest BCUT2D eigenvalue weighted by Gasteiger charge is -2.33. The molecule has 2 aromatic rings. The number of sulfonamides is 1. The van der Waals surface area contributed by atoms with E-state index < -0.39 is 10.0 Å². The summed E-state index contributed by atoms with van der Waals surface area (Å²) in [7, 11) is -3.61. The number of amides is 1. The summed E-state index contributed by atoms with van der Waals surface area (Å²) in [5.41, 5.74) is 2.29. The molecule has 0 spiro atoms. The lowest BCUT2D eigenvalue weighted by atomic mass is 10.0. The highest BCUT2D eigenvalue weighted by atomic mass is 32.2. The fourth-order valence-electron chi connectivity index (χ4n) is 4.06. The summed E-state index contributed by atoms with van der Waals surface area (Å²) in [6.45, 7) is 1.77. The van der Waals surface area contributed by atoms with Crippen LogP contribution in [0.2, 0.25) is 0 Å². The third-order valence-corrected chi connectivity index (χ3v) is 6.69. The average molecular weight is 372 g/mol. The average Bonchev–Trinajstić information content (AvgIpc) is 2.99. The Labute approximate surface area is 153 Å². The summed E-state index contributed by atoms with van der Waals surface area (Å²) in [5, 5.41) is 2.85. The normalized spacial score (nSPS) is 25.5. The zero-order chi connectivity index (χ0) is 18.1. The molecule has 2 aromatic carbocycles. The summed E-state index contributed by atoms with van der Waals surface area (Å²) in [4.78, 5) is 13.3. The monoisotopic (exact) mass is 372 g/mol. The highest BCUT2D eigenvalue weighted by molar-refractivity contribution is 7.89. The van der Waals surface area contributed by atoms with E-state index >= 15 is 0 Å². The SMILES string of the molecule is O=C1C[NH+]([C@@H]2c3ccccc3C[C@H]2NS(=O)(=O)c2ccccc2)CCN1. The van der Waals surface area contributed by atoms with Gasteiger partial charge >= 0.3 is 0 Å². The minimum Gasteiger partial charge on any atom is -0.346 e. The Balaban J connectivity index is 1.65. The molecular weight excluding hydrogens is 350 g/mol. The van der Waals surface area contributed by atoms with Crippen LogP contribution in [-0.2, 0) is 21.2 Å². The smallest absolute Gasteiger partial charge is 0.275 e. The van der Waals surface area contributed by atoms with E-state index in [1.165, 1.54) is 0 Å². The number of carbonyl (C=O) groups is 1. The summed E-state index contributed by atoms with van der Waals surface area (Å²) in [6, 6.07) is 16.1. The van der Waals surface area contributed by atoms with Crippen LogP contribution in [-0.4, -0.2) is 40.0 Å². The molecule has 26 heavy (non-hydrogen) atoms. The molecular formula is C19H22N3O3S+. The van der Waals surface area contributed by atoms with Crippen LogP contribution in [0.25, 0.3) is 0 Å². The third kappa shape index (κ3) is 3.25. The minimum absolute atomic E-state index is 0.0142. The lowest BCUT2D eigenvalue weighted by molar-refractivity contribution is -0.926. The van der Waals surface area contributed by atoms with E-state index in [0.717, 1.165) is 22.6 Å². The summed E-state index contributed by atoms with van der Waals surface area (Å²) < 4.78 is 28.6. The molecule has 1 aliphatic heterocycles. The number of nitrogens with one attached hydrogen (secondary N) is 3. The van der Waals surface area contributed by atoms with Crippen LogP contribution >= 0.6 is 0 Å². The van der Waals surface area contributed by atoms with E-state index in [0.29, 0.717) is 19.5 Å². The van der Waals surface area contributed by atoms with E-state index in [9.17, 15) is 13.2 Å². The number of quaternary nitrogens is 1. The first-order valence-corrected chi connectivity index (χ1v) is 10.3. The second-order valence-corrected chi connectivity index (χ2v) is 8.57. The fourth-order valence-corrected chi connectivity index (χ4v) is 5.33. The second kappa shape index (κ2) is 6.83. The van der Waals surface area contributed by atoms with Crippen molar-refractivity contribution in [3.63, 3.8) is 0 Å². The predicted octanol–water partition coefficient (Wildman–Crippen LogP) is -0.354. The zero-order valence-electron chi connectivity index (χ0n) is 14.3. The molecule has 1 fully saturated rings. The molecule has 0 bridgehead atoms. The molecule has 1 unspecified atom stereocenters. The van der Waals surface area contributed by atoms with Crippen LogP contribution in [0.1, 0.15) is 17.2 Å². The Bertz CT molecular complexity index is 915. The Hall–Kier alpha value is -2.22. The van der Waals surface area contributed by atoms with Gasteiger partial charge in [-0.2, -0.15) is 0 Å². The number of hydrogen-bond donors (Lipinski definition) is 3. The number of piperazine rings is 1. The van der Waals surface area contributed by atoms with Gasteiger partial charge in [-0.1, -0.05) is 42.5 Å². The molecule has 1 amide bonds. The molecule has 7 heteroatoms. The first-order valence-electron chi connectivity index (χ1n) is 8.81. The van der Waals surface area contributed by atoms with E-state index in [1.54, 1.807) is 30.3 Å². The molecule has 1 aliphatic carbocycles. The van der Waals surface area contributed by atoms with Crippen molar-refractivity contribution in [1.82, 2.24) is 10.0 Å². The Kier molecular flexibility index (Phi) is 4.52. The highest BCUT2D eigenvalue weighted by Crippen LogP contribution is 2.30. The standard InChI is InChI=1S/C19H21N3O3S/c23-18-13-22(11-10-20-18)19-16-9-5-4-6-14(16)12-17(19)21-26(24,25)15-7-2-1-3-8-15/h1-9,17,19,21H,10-13H2,(H,20,23)/p+1/t17-,19-/m1/s1. The predicted molar refractivity (Wildman–Crippen MR) is 97.1 cm³/mol. The van der Waals surface area contributed by atoms with Crippen LogP contribution in [0.15, 0.2) is 59.5 Å². The highest BCUT2D eigenvalue weighted by Gasteiger charge is 2.43. The van der Waals surface area contributed by atoms with Crippen molar-refractivity contribution in [3.05, 3.63) is 65.7 Å². The van der Waals surface area contributed by atoms with Crippen molar-refractivity contribution < 1.29 is 18.1 Å². The summed E-state index contributed by atoms with van der Waals surface area (Å²) in [6.07, 6.45) is 0.637. The van der Waals surface area contributed by atoms with E-state index in [4.69, 9.17) is 0 Å². The molecule has 2 aliphatic rings. The van der Waals surface area contributed by atoms with Crippen LogP contribution in [0.5, 0.6) is 0 Å². The molecule has 3 N–H and O–H groups in total. The van der Waals surface area contributed by atoms with E-state index in [2.05, 4.69) is 16.1 Å². The van der Waals surface area contributed by atoms with Crippen molar-refractivity contribution in [2.75, 3.05) is 19.6 Å². The Morgan fingerprint density at radius 2 is 1.77 bits per heavy atom. The van der Waals surface area contributed by atoms with E-state index in [1.807, 2.05) is 18.2 Å². The Morgan fingerprint density at radius 3 is 2.54 bits per heavy atom. The lowest BCUT2D eigenvalue weighted by Crippen LogP contribution is -3.16. The third-order valence-electron chi connectivity index (χ3n) is 5.19. The van der Waals surface area contributed by atoms with Gasteiger partial charge in [0.15, 0.2) is 6.54 Å². The zero-order valence-corrected chi connectivity index (χ0v) is 15.1. The van der Waals surface area contributed by atoms with Gasteiger partial charge < -0.3 is 10.2 Å². The fraction of sp³-hybridized carbons (Fsp3) is 0.316. The van der Waals surface area contributed by atoms with Gasteiger partial charge in [-0.05, 0) is 24.1 Å². The molecule has 3 atom stereocenters. The molecule has 0 saturated carbocycles. The topological polar surface area (TPSA) is 79.7 Å². The van der Waals surface area contributed by atoms with Crippen LogP contribution in [0.3, 0.4) is 0 Å². The van der Waals surface area contributed by atoms with Crippen molar-refractivity contribution >= 4 is 15.9 Å². The van der Waals surface area contributed by atoms with Gasteiger partial charge in [0.2, 0.25) is 10.0 Å². The summed E-state index contributed by atoms with van der Waals surface area (Å²) in [5.74, 6) is 0.0142. The first kappa shape index (κ1) is 17.2. The van der Waals surface area contributed by atoms with Gasteiger partial charge in [0, 0.05) is 5.56 Å². The van der Waals surface area contributed by atoms with Crippen LogP contribution in [0, 0.1) is 0 Å². The molecule has 1 saturated heterocycles. The quantitative estimate of drug-likeness (QED) is 0.686. The number of carbonyl (C=O) groups excluding carboxylic acids is 1. The maximum atomic E-state index is 12.8. The van der Waals surface area contributed by atoms with E-state index in [-0.39, 0.29) is 22.9 Å². The minimum atomic E-state index is -3.61. The van der Waals surface area contributed by atoms with Gasteiger partial charge in [-0.15, -0.1) is 0 Å². The molecule has 4 rings (SSSR count). The molecule has 0 aromatic heterocycles. The van der Waals surface area contributed by atoms with Crippen LogP contribution < -0.4 is 14.9 Å². The van der Waals surface area contributed by atoms with Crippen molar-refractivity contribution in [1.29, 1.82) is 0 Å². The van der Waals surface area contributed by atoms with Gasteiger partial charge in [0.05, 0.1) is 24.0 Å². The van der Waals surface area contributed by atoms with Gasteiger partial charge in [0.1, 0.15) is 6.04 Å². The number of fused-ring (bicyclic) bond motifs is 1. The molecule has 6 nitrogen and oxygen atoms in total. The van der Waals surface area contributed by atoms with Crippen molar-refractivity contribution in [3.8, 4) is 0 Å². The number of benzene rings is 2. The second-order valence-electron chi connectivity index (χ2n) is 6.86. The molecule has 0 radical (unpaired) electrons. The molecule has 1 heterocycles. The van der Waals surface area contributed by atoms with Crippen molar-refractivity contribution in [2.45, 2.75) is 23.4 Å². The van der Waals surface area contributed by atoms with Crippen molar-refractivity contribution in [2.24, 2.45) is 0 Å². The summed E-state index contributed by atoms with van der Waals surface area (Å²) >= 11 is 0. The maximum absolute atomic E-state index is 12.8. The Morgan fingerprint density at radius 1 is 1.04 bits per heavy atom. The van der Waals surface area contributed by atoms with Gasteiger partial charge in [0.25, 0.3) is 5.91 Å². The molecule has 136 valence electrons.